The van der Waals surface area contributed by atoms with Gasteiger partial charge in [-0.05, 0) is 12.1 Å². The van der Waals surface area contributed by atoms with E-state index in [0.717, 1.165) is 11.5 Å². The van der Waals surface area contributed by atoms with E-state index in [1.165, 1.54) is 11.5 Å². The molecule has 0 unspecified atom stereocenters. The Morgan fingerprint density at radius 3 is 3.10 bits per heavy atom. The van der Waals surface area contributed by atoms with Crippen LogP contribution in [0.15, 0.2) is 36.7 Å². The zero-order chi connectivity index (χ0) is 14.5. The fourth-order valence-corrected chi connectivity index (χ4v) is 2.31. The maximum absolute atomic E-state index is 5.72. The SMILES string of the molecule is COCCc1nsc(Oc2cccc(-n3ccnn3)c2)n1. The van der Waals surface area contributed by atoms with Gasteiger partial charge in [0.2, 0.25) is 0 Å². The average molecular weight is 303 g/mol. The zero-order valence-corrected chi connectivity index (χ0v) is 12.2. The fraction of sp³-hybridized carbons (Fsp3) is 0.231. The van der Waals surface area contributed by atoms with Crippen LogP contribution >= 0.6 is 11.5 Å². The maximum Gasteiger partial charge on any atom is 0.298 e. The first-order chi connectivity index (χ1) is 10.3. The summed E-state index contributed by atoms with van der Waals surface area (Å²) in [6, 6.07) is 7.53. The monoisotopic (exact) mass is 303 g/mol. The topological polar surface area (TPSA) is 75.0 Å². The molecule has 0 saturated heterocycles. The van der Waals surface area contributed by atoms with Gasteiger partial charge in [-0.25, -0.2) is 4.68 Å². The van der Waals surface area contributed by atoms with Gasteiger partial charge in [0.25, 0.3) is 5.19 Å². The highest BCUT2D eigenvalue weighted by atomic mass is 32.1. The minimum absolute atomic E-state index is 0.511. The van der Waals surface area contributed by atoms with Gasteiger partial charge in [0.15, 0.2) is 0 Å². The molecule has 0 amide bonds. The van der Waals surface area contributed by atoms with Crippen LogP contribution in [0, 0.1) is 0 Å². The third kappa shape index (κ3) is 3.41. The van der Waals surface area contributed by atoms with Crippen LogP contribution in [0.2, 0.25) is 0 Å². The Balaban J connectivity index is 1.73. The van der Waals surface area contributed by atoms with Gasteiger partial charge in [0.05, 0.1) is 24.7 Å². The first-order valence-corrected chi connectivity index (χ1v) is 7.08. The van der Waals surface area contributed by atoms with Crippen molar-refractivity contribution in [2.24, 2.45) is 0 Å². The van der Waals surface area contributed by atoms with Crippen molar-refractivity contribution in [2.75, 3.05) is 13.7 Å². The molecule has 0 aliphatic carbocycles. The quantitative estimate of drug-likeness (QED) is 0.694. The molecule has 0 aliphatic heterocycles. The highest BCUT2D eigenvalue weighted by molar-refractivity contribution is 7.07. The van der Waals surface area contributed by atoms with E-state index in [4.69, 9.17) is 9.47 Å². The summed E-state index contributed by atoms with van der Waals surface area (Å²) in [6.45, 7) is 0.595. The number of rotatable bonds is 6. The van der Waals surface area contributed by atoms with E-state index in [9.17, 15) is 0 Å². The van der Waals surface area contributed by atoms with Gasteiger partial charge in [-0.15, -0.1) is 5.10 Å². The third-order valence-electron chi connectivity index (χ3n) is 2.69. The van der Waals surface area contributed by atoms with Gasteiger partial charge in [0.1, 0.15) is 11.6 Å². The third-order valence-corrected chi connectivity index (χ3v) is 3.32. The molecule has 3 rings (SSSR count). The molecule has 108 valence electrons. The second kappa shape index (κ2) is 6.42. The first kappa shape index (κ1) is 13.7. The van der Waals surface area contributed by atoms with Crippen molar-refractivity contribution in [3.05, 3.63) is 42.5 Å². The Morgan fingerprint density at radius 2 is 2.29 bits per heavy atom. The zero-order valence-electron chi connectivity index (χ0n) is 11.3. The van der Waals surface area contributed by atoms with Gasteiger partial charge >= 0.3 is 0 Å². The van der Waals surface area contributed by atoms with Crippen molar-refractivity contribution < 1.29 is 9.47 Å². The van der Waals surface area contributed by atoms with Crippen molar-refractivity contribution in [3.8, 4) is 16.6 Å². The van der Waals surface area contributed by atoms with Crippen LogP contribution in [0.5, 0.6) is 10.9 Å². The smallest absolute Gasteiger partial charge is 0.298 e. The molecule has 0 fully saturated rings. The molecule has 2 aromatic heterocycles. The number of hydrogen-bond acceptors (Lipinski definition) is 7. The lowest BCUT2D eigenvalue weighted by Gasteiger charge is -2.04. The standard InChI is InChI=1S/C13H13N5O2S/c1-19-8-5-12-15-13(21-16-12)20-11-4-2-3-10(9-11)18-7-6-14-17-18/h2-4,6-7,9H,5,8H2,1H3. The maximum atomic E-state index is 5.72. The summed E-state index contributed by atoms with van der Waals surface area (Å²) in [5.41, 5.74) is 0.870. The number of hydrogen-bond donors (Lipinski definition) is 0. The summed E-state index contributed by atoms with van der Waals surface area (Å²) in [6.07, 6.45) is 4.07. The number of aromatic nitrogens is 5. The summed E-state index contributed by atoms with van der Waals surface area (Å²) >= 11 is 1.22. The Morgan fingerprint density at radius 1 is 1.33 bits per heavy atom. The normalized spacial score (nSPS) is 10.7. The summed E-state index contributed by atoms with van der Waals surface area (Å²) in [7, 11) is 1.65. The van der Waals surface area contributed by atoms with E-state index >= 15 is 0 Å². The molecular weight excluding hydrogens is 290 g/mol. The van der Waals surface area contributed by atoms with E-state index in [0.29, 0.717) is 24.0 Å². The number of ether oxygens (including phenoxy) is 2. The van der Waals surface area contributed by atoms with E-state index in [-0.39, 0.29) is 0 Å². The van der Waals surface area contributed by atoms with Crippen molar-refractivity contribution in [2.45, 2.75) is 6.42 Å². The molecular formula is C13H13N5O2S. The van der Waals surface area contributed by atoms with Crippen LogP contribution in [0.1, 0.15) is 5.82 Å². The second-order valence-corrected chi connectivity index (χ2v) is 4.88. The molecule has 0 spiro atoms. The minimum Gasteiger partial charge on any atom is -0.430 e. The highest BCUT2D eigenvalue weighted by Crippen LogP contribution is 2.24. The first-order valence-electron chi connectivity index (χ1n) is 6.31. The molecule has 1 aromatic carbocycles. The lowest BCUT2D eigenvalue weighted by molar-refractivity contribution is 0.200. The molecule has 0 atom stereocenters. The van der Waals surface area contributed by atoms with Crippen LogP contribution < -0.4 is 4.74 Å². The van der Waals surface area contributed by atoms with Crippen LogP contribution in [-0.2, 0) is 11.2 Å². The van der Waals surface area contributed by atoms with Crippen molar-refractivity contribution in [1.29, 1.82) is 0 Å². The number of methoxy groups -OCH3 is 1. The largest absolute Gasteiger partial charge is 0.430 e. The second-order valence-electron chi connectivity index (χ2n) is 4.17. The molecule has 0 N–H and O–H groups in total. The lowest BCUT2D eigenvalue weighted by Crippen LogP contribution is -1.96. The number of nitrogens with zero attached hydrogens (tertiary/aromatic N) is 5. The van der Waals surface area contributed by atoms with Gasteiger partial charge in [-0.2, -0.15) is 9.36 Å². The summed E-state index contributed by atoms with van der Waals surface area (Å²) in [4.78, 5) is 4.31. The minimum atomic E-state index is 0.511. The summed E-state index contributed by atoms with van der Waals surface area (Å²) in [5, 5.41) is 8.24. The molecule has 0 radical (unpaired) electrons. The molecule has 21 heavy (non-hydrogen) atoms. The predicted molar refractivity (Wildman–Crippen MR) is 76.9 cm³/mol. The predicted octanol–water partition coefficient (Wildman–Crippen LogP) is 2.10. The van der Waals surface area contributed by atoms with Gasteiger partial charge < -0.3 is 9.47 Å². The van der Waals surface area contributed by atoms with Crippen LogP contribution in [-0.4, -0.2) is 38.1 Å². The Bertz CT molecular complexity index is 698. The van der Waals surface area contributed by atoms with E-state index < -0.39 is 0 Å². The molecule has 0 saturated carbocycles. The summed E-state index contributed by atoms with van der Waals surface area (Å²) < 4.78 is 16.6. The van der Waals surface area contributed by atoms with E-state index in [1.807, 2.05) is 24.3 Å². The van der Waals surface area contributed by atoms with Gasteiger partial charge in [0, 0.05) is 31.1 Å². The van der Waals surface area contributed by atoms with Gasteiger partial charge in [-0.3, -0.25) is 0 Å². The highest BCUT2D eigenvalue weighted by Gasteiger charge is 2.07. The van der Waals surface area contributed by atoms with Crippen LogP contribution in [0.25, 0.3) is 5.69 Å². The Hall–Kier alpha value is -2.32. The molecule has 0 bridgehead atoms. The van der Waals surface area contributed by atoms with E-state index in [2.05, 4.69) is 19.7 Å². The molecule has 3 aromatic rings. The molecule has 0 aliphatic rings. The van der Waals surface area contributed by atoms with Crippen molar-refractivity contribution >= 4 is 11.5 Å². The number of benzene rings is 1. The Labute approximate surface area is 125 Å². The molecule has 7 nitrogen and oxygen atoms in total. The van der Waals surface area contributed by atoms with Crippen LogP contribution in [0.4, 0.5) is 0 Å². The van der Waals surface area contributed by atoms with Gasteiger partial charge in [-0.1, -0.05) is 11.3 Å². The van der Waals surface area contributed by atoms with Crippen LogP contribution in [0.3, 0.4) is 0 Å². The lowest BCUT2D eigenvalue weighted by atomic mass is 10.3. The fourth-order valence-electron chi connectivity index (χ4n) is 1.71. The summed E-state index contributed by atoms with van der Waals surface area (Å²) in [5.74, 6) is 1.40. The molecule has 8 heteroatoms. The van der Waals surface area contributed by atoms with E-state index in [1.54, 1.807) is 24.2 Å². The van der Waals surface area contributed by atoms with Crippen molar-refractivity contribution in [1.82, 2.24) is 24.4 Å². The van der Waals surface area contributed by atoms with Crippen molar-refractivity contribution in [3.63, 3.8) is 0 Å². The molecule has 2 heterocycles. The average Bonchev–Trinajstić information content (AvgIpc) is 3.17. The Kier molecular flexibility index (Phi) is 4.17.